The van der Waals surface area contributed by atoms with Crippen LogP contribution in [0.15, 0.2) is 187 Å². The Labute approximate surface area is 337 Å². The van der Waals surface area contributed by atoms with Crippen molar-refractivity contribution in [3.05, 3.63) is 199 Å². The maximum absolute atomic E-state index is 6.35. The quantitative estimate of drug-likeness (QED) is 0.167. The van der Waals surface area contributed by atoms with Crippen molar-refractivity contribution in [2.75, 3.05) is 9.80 Å². The van der Waals surface area contributed by atoms with Gasteiger partial charge in [0.2, 0.25) is 0 Å². The first-order valence-electron chi connectivity index (χ1n) is 20.3. The lowest BCUT2D eigenvalue weighted by Gasteiger charge is -2.35. The van der Waals surface area contributed by atoms with Crippen LogP contribution in [0.3, 0.4) is 0 Å². The van der Waals surface area contributed by atoms with E-state index in [1.54, 1.807) is 0 Å². The molecule has 2 aliphatic heterocycles. The minimum Gasteiger partial charge on any atom is -0.453 e. The highest BCUT2D eigenvalue weighted by atomic mass is 16.5. The summed E-state index contributed by atoms with van der Waals surface area (Å²) in [6.07, 6.45) is 13.0. The van der Waals surface area contributed by atoms with Gasteiger partial charge < -0.3 is 19.3 Å². The van der Waals surface area contributed by atoms with Gasteiger partial charge in [-0.15, -0.1) is 0 Å². The van der Waals surface area contributed by atoms with Crippen LogP contribution in [-0.4, -0.2) is 0 Å². The first-order chi connectivity index (χ1) is 28.8. The van der Waals surface area contributed by atoms with Gasteiger partial charge in [-0.2, -0.15) is 0 Å². The van der Waals surface area contributed by atoms with E-state index in [1.165, 1.54) is 60.6 Å². The number of allylic oxidation sites excluding steroid dienone is 4. The number of anilines is 5. The molecule has 0 amide bonds. The zero-order valence-electron chi connectivity index (χ0n) is 31.9. The van der Waals surface area contributed by atoms with Crippen molar-refractivity contribution in [3.8, 4) is 39.5 Å². The molecular formula is C54H38N2O2. The Kier molecular flexibility index (Phi) is 7.45. The monoisotopic (exact) mass is 746 g/mol. The highest BCUT2D eigenvalue weighted by Crippen LogP contribution is 2.51. The Morgan fingerprint density at radius 2 is 0.983 bits per heavy atom. The molecule has 8 aromatic rings. The van der Waals surface area contributed by atoms with Crippen LogP contribution in [0.2, 0.25) is 0 Å². The van der Waals surface area contributed by atoms with Gasteiger partial charge >= 0.3 is 0 Å². The zero-order valence-corrected chi connectivity index (χ0v) is 31.9. The molecule has 0 atom stereocenters. The third-order valence-electron chi connectivity index (χ3n) is 12.1. The highest BCUT2D eigenvalue weighted by molar-refractivity contribution is 6.18. The average molecular weight is 747 g/mol. The topological polar surface area (TPSA) is 24.9 Å². The van der Waals surface area contributed by atoms with E-state index in [9.17, 15) is 0 Å². The Hall–Kier alpha value is -7.30. The van der Waals surface area contributed by atoms with Crippen LogP contribution in [0.25, 0.3) is 49.9 Å². The molecular weight excluding hydrogens is 709 g/mol. The Morgan fingerprint density at radius 1 is 0.448 bits per heavy atom. The number of benzene rings is 8. The maximum atomic E-state index is 6.35. The second-order valence-electron chi connectivity index (χ2n) is 15.4. The number of rotatable bonds is 4. The number of hydrogen-bond donors (Lipinski definition) is 0. The summed E-state index contributed by atoms with van der Waals surface area (Å²) in [6, 6.07) is 56.9. The molecule has 4 heteroatoms. The molecule has 58 heavy (non-hydrogen) atoms. The predicted molar refractivity (Wildman–Crippen MR) is 239 cm³/mol. The predicted octanol–water partition coefficient (Wildman–Crippen LogP) is 15.0. The minimum atomic E-state index is 0.859. The Morgan fingerprint density at radius 3 is 1.69 bits per heavy atom. The molecule has 0 radical (unpaired) electrons. The normalized spacial score (nSPS) is 15.0. The van der Waals surface area contributed by atoms with E-state index in [1.807, 2.05) is 30.3 Å². The van der Waals surface area contributed by atoms with Gasteiger partial charge in [0.25, 0.3) is 0 Å². The van der Waals surface area contributed by atoms with E-state index >= 15 is 0 Å². The molecule has 4 aliphatic rings. The van der Waals surface area contributed by atoms with Crippen molar-refractivity contribution in [3.63, 3.8) is 0 Å². The van der Waals surface area contributed by atoms with Gasteiger partial charge in [-0.05, 0) is 159 Å². The molecule has 0 saturated carbocycles. The lowest BCUT2D eigenvalue weighted by Crippen LogP contribution is -2.25. The van der Waals surface area contributed by atoms with Crippen molar-refractivity contribution in [2.45, 2.75) is 25.7 Å². The van der Waals surface area contributed by atoms with E-state index in [-0.39, 0.29) is 0 Å². The van der Waals surface area contributed by atoms with Gasteiger partial charge in [0.1, 0.15) is 5.76 Å². The molecule has 0 fully saturated rings. The van der Waals surface area contributed by atoms with Gasteiger partial charge in [-0.1, -0.05) is 103 Å². The molecule has 12 rings (SSSR count). The lowest BCUT2D eigenvalue weighted by molar-refractivity contribution is 0.421. The van der Waals surface area contributed by atoms with Gasteiger partial charge in [0.05, 0.1) is 22.8 Å². The standard InChI is InChI=1S/C54H38N2O2/c1-3-15-42-40(13-1)44(35-25-29-38(30-26-35)55-46-17-5-9-21-50(46)57-51-22-10-6-18-47(51)55)33-37-34-45(41-14-2-4-16-43(41)54(37)42)36-27-31-39(32-28-36)56-48-19-7-11-23-52(48)58-53-24-12-8-20-49(53)56/h1,3-5,7-13,15-17,19-34H,2,6,14,18H2. The van der Waals surface area contributed by atoms with Crippen LogP contribution in [0.5, 0.6) is 17.2 Å². The van der Waals surface area contributed by atoms with E-state index in [0.29, 0.717) is 0 Å². The molecule has 0 N–H and O–H groups in total. The van der Waals surface area contributed by atoms with E-state index < -0.39 is 0 Å². The fourth-order valence-corrected chi connectivity index (χ4v) is 9.52. The van der Waals surface area contributed by atoms with Gasteiger partial charge in [0.15, 0.2) is 17.2 Å². The van der Waals surface area contributed by atoms with Gasteiger partial charge in [-0.25, -0.2) is 0 Å². The summed E-state index contributed by atoms with van der Waals surface area (Å²) in [5.74, 6) is 3.54. The van der Waals surface area contributed by atoms with Crippen LogP contribution in [0, 0.1) is 0 Å². The third-order valence-corrected chi connectivity index (χ3v) is 12.1. The molecule has 0 aromatic heterocycles. The highest BCUT2D eigenvalue weighted by Gasteiger charge is 2.29. The third kappa shape index (κ3) is 5.15. The number of para-hydroxylation sites is 6. The van der Waals surface area contributed by atoms with E-state index in [0.717, 1.165) is 77.1 Å². The zero-order chi connectivity index (χ0) is 38.2. The first kappa shape index (κ1) is 32.9. The number of nitrogens with zero attached hydrogens (tertiary/aromatic N) is 2. The van der Waals surface area contributed by atoms with Crippen LogP contribution in [0.1, 0.15) is 30.4 Å². The molecule has 276 valence electrons. The number of hydrogen-bond acceptors (Lipinski definition) is 4. The maximum Gasteiger partial charge on any atom is 0.151 e. The smallest absolute Gasteiger partial charge is 0.151 e. The summed E-state index contributed by atoms with van der Waals surface area (Å²) in [5.41, 5.74) is 14.3. The average Bonchev–Trinajstić information content (AvgIpc) is 3.29. The molecule has 0 spiro atoms. The largest absolute Gasteiger partial charge is 0.453 e. The van der Waals surface area contributed by atoms with Crippen LogP contribution in [-0.2, 0) is 6.42 Å². The van der Waals surface area contributed by atoms with Crippen molar-refractivity contribution < 1.29 is 9.47 Å². The summed E-state index contributed by atoms with van der Waals surface area (Å²) in [4.78, 5) is 4.69. The lowest BCUT2D eigenvalue weighted by atomic mass is 9.82. The van der Waals surface area contributed by atoms with E-state index in [4.69, 9.17) is 9.47 Å². The number of ether oxygens (including phenoxy) is 2. The summed E-state index contributed by atoms with van der Waals surface area (Å²) in [6.45, 7) is 0. The summed E-state index contributed by atoms with van der Waals surface area (Å²) in [7, 11) is 0. The number of fused-ring (bicyclic) bond motifs is 8. The van der Waals surface area contributed by atoms with E-state index in [2.05, 4.69) is 161 Å². The Balaban J connectivity index is 0.976. The van der Waals surface area contributed by atoms with Gasteiger partial charge in [0, 0.05) is 11.4 Å². The van der Waals surface area contributed by atoms with Crippen molar-refractivity contribution in [1.82, 2.24) is 0 Å². The van der Waals surface area contributed by atoms with Crippen LogP contribution < -0.4 is 19.3 Å². The molecule has 2 heterocycles. The second kappa shape index (κ2) is 13.1. The fraction of sp³-hybridized carbons (Fsp3) is 0.0741. The molecule has 2 aliphatic carbocycles. The molecule has 0 unspecified atom stereocenters. The van der Waals surface area contributed by atoms with Crippen molar-refractivity contribution >= 4 is 56.1 Å². The SMILES string of the molecule is C1=CC2=C(CC1)N(c1ccc(-c3cc4cc(-c5ccc(N6c7ccccc7Oc7ccccc76)cc5)c5c(c4c4ccccc34)C=CCC5)cc1)c1ccccc1O2. The summed E-state index contributed by atoms with van der Waals surface area (Å²) in [5, 5.41) is 5.15. The second-order valence-corrected chi connectivity index (χ2v) is 15.4. The van der Waals surface area contributed by atoms with Crippen LogP contribution >= 0.6 is 0 Å². The van der Waals surface area contributed by atoms with Crippen LogP contribution in [0.4, 0.5) is 28.4 Å². The molecule has 0 saturated heterocycles. The van der Waals surface area contributed by atoms with Gasteiger partial charge in [-0.3, -0.25) is 0 Å². The van der Waals surface area contributed by atoms with Crippen molar-refractivity contribution in [2.24, 2.45) is 0 Å². The molecule has 0 bridgehead atoms. The van der Waals surface area contributed by atoms with Crippen molar-refractivity contribution in [1.29, 1.82) is 0 Å². The Bertz CT molecular complexity index is 3020. The summed E-state index contributed by atoms with van der Waals surface area (Å²) < 4.78 is 12.7. The first-order valence-corrected chi connectivity index (χ1v) is 20.3. The fourth-order valence-electron chi connectivity index (χ4n) is 9.52. The minimum absolute atomic E-state index is 0.859. The molecule has 8 aromatic carbocycles. The summed E-state index contributed by atoms with van der Waals surface area (Å²) >= 11 is 0. The molecule has 4 nitrogen and oxygen atoms in total.